The van der Waals surface area contributed by atoms with Crippen LogP contribution in [0.1, 0.15) is 12.0 Å². The number of nitrogens with one attached hydrogen (secondary N) is 1. The first-order chi connectivity index (χ1) is 6.25. The molecule has 2 rings (SSSR count). The van der Waals surface area contributed by atoms with Gasteiger partial charge in [-0.3, -0.25) is 9.78 Å². The van der Waals surface area contributed by atoms with Crippen LogP contribution in [0.25, 0.3) is 0 Å². The number of amides is 1. The minimum atomic E-state index is -0.0741. The molecule has 0 aromatic carbocycles. The van der Waals surface area contributed by atoms with Gasteiger partial charge in [-0.2, -0.15) is 5.10 Å². The predicted molar refractivity (Wildman–Crippen MR) is 51.2 cm³/mol. The van der Waals surface area contributed by atoms with Gasteiger partial charge in [0, 0.05) is 22.4 Å². The Balaban J connectivity index is 2.31. The Hall–Kier alpha value is -1.23. The Kier molecular flexibility index (Phi) is 2.10. The molecule has 2 heterocycles. The Morgan fingerprint density at radius 2 is 2.31 bits per heavy atom. The van der Waals surface area contributed by atoms with Crippen LogP contribution in [-0.4, -0.2) is 16.6 Å². The zero-order chi connectivity index (χ0) is 9.26. The number of carbonyl (C=O) groups is 1. The Morgan fingerprint density at radius 3 is 2.92 bits per heavy atom. The van der Waals surface area contributed by atoms with E-state index in [1.807, 2.05) is 6.07 Å². The molecule has 0 spiro atoms. The molecule has 1 N–H and O–H groups in total. The van der Waals surface area contributed by atoms with E-state index >= 15 is 0 Å². The van der Waals surface area contributed by atoms with Gasteiger partial charge in [0.2, 0.25) is 5.91 Å². The van der Waals surface area contributed by atoms with Gasteiger partial charge in [0.15, 0.2) is 0 Å². The van der Waals surface area contributed by atoms with Crippen LogP contribution in [-0.2, 0) is 4.79 Å². The number of rotatable bonds is 1. The first-order valence-corrected chi connectivity index (χ1v) is 4.51. The van der Waals surface area contributed by atoms with Crippen molar-refractivity contribution < 1.29 is 4.79 Å². The minimum absolute atomic E-state index is 0.0741. The standard InChI is InChI=1S/C8H6BrN3O/c9-6-1-5(3-10-4-6)7-2-8(13)12-11-7/h1,3-4H,2H2,(H,12,13). The van der Waals surface area contributed by atoms with E-state index in [1.165, 1.54) is 0 Å². The molecular formula is C8H6BrN3O. The van der Waals surface area contributed by atoms with Crippen molar-refractivity contribution in [1.29, 1.82) is 0 Å². The van der Waals surface area contributed by atoms with Crippen LogP contribution < -0.4 is 5.43 Å². The molecule has 0 radical (unpaired) electrons. The summed E-state index contributed by atoms with van der Waals surface area (Å²) in [6.07, 6.45) is 3.70. The molecule has 66 valence electrons. The minimum Gasteiger partial charge on any atom is -0.273 e. The molecule has 1 aromatic heterocycles. The highest BCUT2D eigenvalue weighted by Crippen LogP contribution is 2.13. The van der Waals surface area contributed by atoms with Gasteiger partial charge in [-0.05, 0) is 22.0 Å². The van der Waals surface area contributed by atoms with Crippen LogP contribution in [0.2, 0.25) is 0 Å². The second-order valence-electron chi connectivity index (χ2n) is 2.66. The van der Waals surface area contributed by atoms with Crippen LogP contribution in [0.4, 0.5) is 0 Å². The number of hydrogen-bond donors (Lipinski definition) is 1. The summed E-state index contributed by atoms with van der Waals surface area (Å²) in [6, 6.07) is 1.88. The van der Waals surface area contributed by atoms with E-state index in [1.54, 1.807) is 12.4 Å². The second-order valence-corrected chi connectivity index (χ2v) is 3.58. The van der Waals surface area contributed by atoms with Crippen molar-refractivity contribution >= 4 is 27.5 Å². The molecule has 0 unspecified atom stereocenters. The smallest absolute Gasteiger partial charge is 0.246 e. The van der Waals surface area contributed by atoms with Gasteiger partial charge in [-0.25, -0.2) is 5.43 Å². The molecule has 0 fully saturated rings. The molecule has 0 aliphatic carbocycles. The van der Waals surface area contributed by atoms with Crippen LogP contribution >= 0.6 is 15.9 Å². The van der Waals surface area contributed by atoms with E-state index in [0.717, 1.165) is 15.7 Å². The lowest BCUT2D eigenvalue weighted by Gasteiger charge is -1.97. The number of hydrazone groups is 1. The second kappa shape index (κ2) is 3.26. The molecule has 13 heavy (non-hydrogen) atoms. The number of pyridine rings is 1. The van der Waals surface area contributed by atoms with E-state index in [4.69, 9.17) is 0 Å². The van der Waals surface area contributed by atoms with Crippen molar-refractivity contribution in [3.8, 4) is 0 Å². The fourth-order valence-electron chi connectivity index (χ4n) is 1.10. The summed E-state index contributed by atoms with van der Waals surface area (Å²) in [7, 11) is 0. The number of carbonyl (C=O) groups excluding carboxylic acids is 1. The lowest BCUT2D eigenvalue weighted by Crippen LogP contribution is -2.09. The first kappa shape index (κ1) is 8.37. The van der Waals surface area contributed by atoms with Gasteiger partial charge in [-0.1, -0.05) is 0 Å². The number of aromatic nitrogens is 1. The molecule has 4 nitrogen and oxygen atoms in total. The average molecular weight is 240 g/mol. The zero-order valence-corrected chi connectivity index (χ0v) is 8.21. The van der Waals surface area contributed by atoms with Crippen molar-refractivity contribution in [3.05, 3.63) is 28.5 Å². The van der Waals surface area contributed by atoms with Gasteiger partial charge in [0.05, 0.1) is 12.1 Å². The summed E-state index contributed by atoms with van der Waals surface area (Å²) in [5.41, 5.74) is 4.00. The van der Waals surface area contributed by atoms with Crippen molar-refractivity contribution in [1.82, 2.24) is 10.4 Å². The normalized spacial score (nSPS) is 15.5. The molecule has 5 heteroatoms. The van der Waals surface area contributed by atoms with Crippen molar-refractivity contribution in [3.63, 3.8) is 0 Å². The average Bonchev–Trinajstić information content (AvgIpc) is 2.52. The topological polar surface area (TPSA) is 54.4 Å². The molecule has 0 saturated heterocycles. The Labute approximate surface area is 83.2 Å². The van der Waals surface area contributed by atoms with Gasteiger partial charge >= 0.3 is 0 Å². The monoisotopic (exact) mass is 239 g/mol. The molecule has 1 amide bonds. The fourth-order valence-corrected chi connectivity index (χ4v) is 1.46. The zero-order valence-electron chi connectivity index (χ0n) is 6.62. The predicted octanol–water partition coefficient (Wildman–Crippen LogP) is 1.07. The molecule has 0 atom stereocenters. The van der Waals surface area contributed by atoms with E-state index in [2.05, 4.69) is 31.4 Å². The first-order valence-electron chi connectivity index (χ1n) is 3.72. The van der Waals surface area contributed by atoms with E-state index in [9.17, 15) is 4.79 Å². The lowest BCUT2D eigenvalue weighted by molar-refractivity contribution is -0.119. The van der Waals surface area contributed by atoms with E-state index in [-0.39, 0.29) is 5.91 Å². The summed E-state index contributed by atoms with van der Waals surface area (Å²) in [4.78, 5) is 14.8. The van der Waals surface area contributed by atoms with Crippen LogP contribution in [0, 0.1) is 0 Å². The molecule has 0 saturated carbocycles. The number of halogens is 1. The lowest BCUT2D eigenvalue weighted by atomic mass is 10.1. The molecule has 1 aliphatic rings. The quantitative estimate of drug-likeness (QED) is 0.798. The Morgan fingerprint density at radius 1 is 1.46 bits per heavy atom. The summed E-state index contributed by atoms with van der Waals surface area (Å²) in [5.74, 6) is -0.0741. The van der Waals surface area contributed by atoms with Gasteiger partial charge in [0.25, 0.3) is 0 Å². The maximum Gasteiger partial charge on any atom is 0.246 e. The maximum absolute atomic E-state index is 10.9. The third-order valence-electron chi connectivity index (χ3n) is 1.68. The summed E-state index contributed by atoms with van der Waals surface area (Å²) in [5, 5.41) is 3.88. The van der Waals surface area contributed by atoms with Crippen molar-refractivity contribution in [2.75, 3.05) is 0 Å². The third-order valence-corrected chi connectivity index (χ3v) is 2.12. The van der Waals surface area contributed by atoms with Crippen LogP contribution in [0.5, 0.6) is 0 Å². The summed E-state index contributed by atoms with van der Waals surface area (Å²) < 4.78 is 0.882. The highest BCUT2D eigenvalue weighted by molar-refractivity contribution is 9.10. The summed E-state index contributed by atoms with van der Waals surface area (Å²) in [6.45, 7) is 0. The van der Waals surface area contributed by atoms with E-state index < -0.39 is 0 Å². The largest absolute Gasteiger partial charge is 0.273 e. The van der Waals surface area contributed by atoms with Crippen LogP contribution in [0.3, 0.4) is 0 Å². The maximum atomic E-state index is 10.9. The van der Waals surface area contributed by atoms with Crippen molar-refractivity contribution in [2.45, 2.75) is 6.42 Å². The molecule has 1 aromatic rings. The van der Waals surface area contributed by atoms with Gasteiger partial charge in [0.1, 0.15) is 0 Å². The van der Waals surface area contributed by atoms with Gasteiger partial charge < -0.3 is 0 Å². The van der Waals surface area contributed by atoms with E-state index in [0.29, 0.717) is 6.42 Å². The number of nitrogens with zero attached hydrogens (tertiary/aromatic N) is 2. The van der Waals surface area contributed by atoms with Crippen LogP contribution in [0.15, 0.2) is 28.0 Å². The SMILES string of the molecule is O=C1CC(c2cncc(Br)c2)=NN1. The highest BCUT2D eigenvalue weighted by Gasteiger charge is 2.16. The molecule has 1 aliphatic heterocycles. The molecule has 0 bridgehead atoms. The van der Waals surface area contributed by atoms with Crippen molar-refractivity contribution in [2.24, 2.45) is 5.10 Å². The Bertz CT molecular complexity index is 389. The highest BCUT2D eigenvalue weighted by atomic mass is 79.9. The fraction of sp³-hybridized carbons (Fsp3) is 0.125. The molecular weight excluding hydrogens is 234 g/mol. The van der Waals surface area contributed by atoms with Gasteiger partial charge in [-0.15, -0.1) is 0 Å². The number of hydrogen-bond acceptors (Lipinski definition) is 3. The third kappa shape index (κ3) is 1.75. The summed E-state index contributed by atoms with van der Waals surface area (Å²) >= 11 is 3.30.